The highest BCUT2D eigenvalue weighted by Crippen LogP contribution is 2.25. The van der Waals surface area contributed by atoms with Crippen molar-refractivity contribution in [3.8, 4) is 12.3 Å². The average molecular weight is 165 g/mol. The van der Waals surface area contributed by atoms with Crippen LogP contribution in [-0.2, 0) is 0 Å². The normalized spacial score (nSPS) is 18.9. The lowest BCUT2D eigenvalue weighted by Crippen LogP contribution is -2.19. The maximum absolute atomic E-state index is 5.14. The minimum absolute atomic E-state index is 0.729. The highest BCUT2D eigenvalue weighted by molar-refractivity contribution is 4.86. The van der Waals surface area contributed by atoms with Gasteiger partial charge in [0.15, 0.2) is 0 Å². The first-order valence-corrected chi connectivity index (χ1v) is 5.07. The molecule has 0 aromatic rings. The van der Waals surface area contributed by atoms with Crippen LogP contribution in [0.3, 0.4) is 0 Å². The van der Waals surface area contributed by atoms with Gasteiger partial charge >= 0.3 is 0 Å². The summed E-state index contributed by atoms with van der Waals surface area (Å²) in [7, 11) is 0. The molecule has 68 valence electrons. The van der Waals surface area contributed by atoms with E-state index in [1.807, 2.05) is 0 Å². The van der Waals surface area contributed by atoms with Crippen LogP contribution in [0, 0.1) is 18.3 Å². The van der Waals surface area contributed by atoms with E-state index in [-0.39, 0.29) is 0 Å². The Hall–Kier alpha value is -0.480. The SMILES string of the molecule is C#CCNCCC1CCCCC1. The summed E-state index contributed by atoms with van der Waals surface area (Å²) in [5.74, 6) is 3.57. The van der Waals surface area contributed by atoms with Gasteiger partial charge in [0, 0.05) is 0 Å². The minimum Gasteiger partial charge on any atom is -0.306 e. The van der Waals surface area contributed by atoms with Gasteiger partial charge in [0.1, 0.15) is 0 Å². The second-order valence-corrected chi connectivity index (χ2v) is 3.67. The lowest BCUT2D eigenvalue weighted by Gasteiger charge is -2.21. The Morgan fingerprint density at radius 1 is 1.25 bits per heavy atom. The van der Waals surface area contributed by atoms with Crippen LogP contribution in [0.5, 0.6) is 0 Å². The molecule has 0 aromatic carbocycles. The molecule has 0 atom stereocenters. The zero-order chi connectivity index (χ0) is 8.65. The van der Waals surface area contributed by atoms with E-state index >= 15 is 0 Å². The molecule has 0 spiro atoms. The summed E-state index contributed by atoms with van der Waals surface area (Å²) in [6, 6.07) is 0. The third kappa shape index (κ3) is 3.78. The Morgan fingerprint density at radius 3 is 2.67 bits per heavy atom. The van der Waals surface area contributed by atoms with Crippen molar-refractivity contribution >= 4 is 0 Å². The van der Waals surface area contributed by atoms with Gasteiger partial charge in [0.05, 0.1) is 6.54 Å². The van der Waals surface area contributed by atoms with Crippen molar-refractivity contribution in [3.63, 3.8) is 0 Å². The lowest BCUT2D eigenvalue weighted by atomic mass is 9.87. The summed E-state index contributed by atoms with van der Waals surface area (Å²) in [5, 5.41) is 3.25. The Bertz CT molecular complexity index is 140. The van der Waals surface area contributed by atoms with Gasteiger partial charge in [-0.2, -0.15) is 0 Å². The molecule has 0 aliphatic heterocycles. The first kappa shape index (κ1) is 9.61. The van der Waals surface area contributed by atoms with Crippen LogP contribution in [0.1, 0.15) is 38.5 Å². The smallest absolute Gasteiger partial charge is 0.0573 e. The predicted molar refractivity (Wildman–Crippen MR) is 52.9 cm³/mol. The molecule has 1 fully saturated rings. The molecule has 1 nitrogen and oxygen atoms in total. The molecule has 0 saturated heterocycles. The van der Waals surface area contributed by atoms with Crippen molar-refractivity contribution in [2.75, 3.05) is 13.1 Å². The fraction of sp³-hybridized carbons (Fsp3) is 0.818. The quantitative estimate of drug-likeness (QED) is 0.497. The largest absolute Gasteiger partial charge is 0.306 e. The summed E-state index contributed by atoms with van der Waals surface area (Å²) >= 11 is 0. The van der Waals surface area contributed by atoms with Crippen molar-refractivity contribution in [2.24, 2.45) is 5.92 Å². The predicted octanol–water partition coefficient (Wildman–Crippen LogP) is 2.18. The maximum Gasteiger partial charge on any atom is 0.0573 e. The Morgan fingerprint density at radius 2 is 2.00 bits per heavy atom. The first-order valence-electron chi connectivity index (χ1n) is 5.07. The van der Waals surface area contributed by atoms with Gasteiger partial charge in [-0.25, -0.2) is 0 Å². The molecule has 0 radical (unpaired) electrons. The second-order valence-electron chi connectivity index (χ2n) is 3.67. The summed E-state index contributed by atoms with van der Waals surface area (Å²) in [4.78, 5) is 0. The van der Waals surface area contributed by atoms with E-state index in [9.17, 15) is 0 Å². The molecule has 0 bridgehead atoms. The molecule has 1 saturated carbocycles. The zero-order valence-corrected chi connectivity index (χ0v) is 7.81. The summed E-state index contributed by atoms with van der Waals surface area (Å²) in [5.41, 5.74) is 0. The summed E-state index contributed by atoms with van der Waals surface area (Å²) in [6.45, 7) is 1.83. The fourth-order valence-electron chi connectivity index (χ4n) is 1.94. The molecule has 1 heteroatoms. The van der Waals surface area contributed by atoms with E-state index in [4.69, 9.17) is 6.42 Å². The van der Waals surface area contributed by atoms with E-state index in [1.165, 1.54) is 38.5 Å². The number of rotatable bonds is 4. The van der Waals surface area contributed by atoms with Crippen molar-refractivity contribution in [1.29, 1.82) is 0 Å². The van der Waals surface area contributed by atoms with Crippen LogP contribution in [0.4, 0.5) is 0 Å². The zero-order valence-electron chi connectivity index (χ0n) is 7.81. The molecule has 1 aliphatic carbocycles. The molecular formula is C11H19N. The Balaban J connectivity index is 1.95. The van der Waals surface area contributed by atoms with Crippen molar-refractivity contribution < 1.29 is 0 Å². The van der Waals surface area contributed by atoms with Crippen LogP contribution >= 0.6 is 0 Å². The monoisotopic (exact) mass is 165 g/mol. The molecular weight excluding hydrogens is 146 g/mol. The summed E-state index contributed by atoms with van der Waals surface area (Å²) in [6.07, 6.45) is 13.7. The fourth-order valence-corrected chi connectivity index (χ4v) is 1.94. The van der Waals surface area contributed by atoms with Gasteiger partial charge in [-0.3, -0.25) is 0 Å². The van der Waals surface area contributed by atoms with Crippen molar-refractivity contribution in [2.45, 2.75) is 38.5 Å². The van der Waals surface area contributed by atoms with Crippen molar-refractivity contribution in [3.05, 3.63) is 0 Å². The van der Waals surface area contributed by atoms with E-state index < -0.39 is 0 Å². The number of terminal acetylenes is 1. The molecule has 1 aliphatic rings. The number of nitrogens with one attached hydrogen (secondary N) is 1. The molecule has 0 aromatic heterocycles. The van der Waals surface area contributed by atoms with Crippen LogP contribution in [0.15, 0.2) is 0 Å². The third-order valence-electron chi connectivity index (χ3n) is 2.68. The van der Waals surface area contributed by atoms with E-state index in [1.54, 1.807) is 0 Å². The second kappa shape index (κ2) is 6.08. The highest BCUT2D eigenvalue weighted by atomic mass is 14.8. The standard InChI is InChI=1S/C11H19N/c1-2-9-12-10-8-11-6-4-3-5-7-11/h1,11-12H,3-10H2. The molecule has 12 heavy (non-hydrogen) atoms. The Kier molecular flexibility index (Phi) is 4.87. The third-order valence-corrected chi connectivity index (χ3v) is 2.68. The van der Waals surface area contributed by atoms with Gasteiger partial charge in [-0.05, 0) is 18.9 Å². The van der Waals surface area contributed by atoms with Gasteiger partial charge in [-0.15, -0.1) is 6.42 Å². The molecule has 1 N–H and O–H groups in total. The topological polar surface area (TPSA) is 12.0 Å². The average Bonchev–Trinajstić information content (AvgIpc) is 2.14. The van der Waals surface area contributed by atoms with Crippen LogP contribution < -0.4 is 5.32 Å². The number of hydrogen-bond acceptors (Lipinski definition) is 1. The van der Waals surface area contributed by atoms with Crippen molar-refractivity contribution in [1.82, 2.24) is 5.32 Å². The van der Waals surface area contributed by atoms with E-state index in [0.717, 1.165) is 19.0 Å². The van der Waals surface area contributed by atoms with Gasteiger partial charge in [0.25, 0.3) is 0 Å². The number of hydrogen-bond donors (Lipinski definition) is 1. The van der Waals surface area contributed by atoms with Gasteiger partial charge < -0.3 is 5.32 Å². The van der Waals surface area contributed by atoms with Crippen LogP contribution in [0.25, 0.3) is 0 Å². The van der Waals surface area contributed by atoms with Crippen LogP contribution in [0.2, 0.25) is 0 Å². The first-order chi connectivity index (χ1) is 5.93. The summed E-state index contributed by atoms with van der Waals surface area (Å²) < 4.78 is 0. The van der Waals surface area contributed by atoms with Gasteiger partial charge in [-0.1, -0.05) is 38.0 Å². The van der Waals surface area contributed by atoms with Crippen LogP contribution in [-0.4, -0.2) is 13.1 Å². The Labute approximate surface area is 75.9 Å². The molecule has 0 heterocycles. The molecule has 0 unspecified atom stereocenters. The minimum atomic E-state index is 0.729. The lowest BCUT2D eigenvalue weighted by molar-refractivity contribution is 0.336. The van der Waals surface area contributed by atoms with E-state index in [0.29, 0.717) is 0 Å². The highest BCUT2D eigenvalue weighted by Gasteiger charge is 2.11. The molecule has 1 rings (SSSR count). The van der Waals surface area contributed by atoms with E-state index in [2.05, 4.69) is 11.2 Å². The van der Waals surface area contributed by atoms with Gasteiger partial charge in [0.2, 0.25) is 0 Å². The maximum atomic E-state index is 5.14. The molecule has 0 amide bonds.